The summed E-state index contributed by atoms with van der Waals surface area (Å²) in [6.45, 7) is 4.55. The van der Waals surface area contributed by atoms with Gasteiger partial charge in [-0.1, -0.05) is 41.1 Å². The van der Waals surface area contributed by atoms with Crippen molar-refractivity contribution in [3.63, 3.8) is 0 Å². The summed E-state index contributed by atoms with van der Waals surface area (Å²) in [4.78, 5) is 8.90. The second kappa shape index (κ2) is 10.9. The first-order chi connectivity index (χ1) is 17.6. The van der Waals surface area contributed by atoms with Gasteiger partial charge >= 0.3 is 12.1 Å². The van der Waals surface area contributed by atoms with Crippen LogP contribution in [-0.4, -0.2) is 45.3 Å². The number of aromatic nitrogens is 3. The van der Waals surface area contributed by atoms with Crippen LogP contribution < -0.4 is 10.6 Å². The maximum atomic E-state index is 14.6. The van der Waals surface area contributed by atoms with E-state index in [-0.39, 0.29) is 11.1 Å². The normalized spacial score (nSPS) is 16.9. The molecule has 2 aliphatic rings. The van der Waals surface area contributed by atoms with E-state index >= 15 is 0 Å². The number of nitrogens with zero attached hydrogens (tertiary/aromatic N) is 3. The van der Waals surface area contributed by atoms with E-state index in [2.05, 4.69) is 45.2 Å². The molecule has 0 bridgehead atoms. The zero-order valence-corrected chi connectivity index (χ0v) is 20.5. The molecular formula is C25H24ClF4N5O2. The van der Waals surface area contributed by atoms with E-state index in [0.29, 0.717) is 12.2 Å². The molecule has 0 aliphatic carbocycles. The van der Waals surface area contributed by atoms with Gasteiger partial charge in [0.1, 0.15) is 0 Å². The van der Waals surface area contributed by atoms with Crippen LogP contribution in [0, 0.1) is 12.7 Å². The van der Waals surface area contributed by atoms with Gasteiger partial charge in [0.05, 0.1) is 28.1 Å². The SMILES string of the molecule is Cc1nnn2c1-c1ccc(C3=CCNCC3)cc1C(Nc1cccc(Cl)c1F)CC2.O=C(O)C(F)(F)F. The molecule has 1 atom stereocenters. The lowest BCUT2D eigenvalue weighted by atomic mass is 9.90. The molecule has 5 rings (SSSR count). The van der Waals surface area contributed by atoms with Gasteiger partial charge in [-0.15, -0.1) is 5.10 Å². The zero-order chi connectivity index (χ0) is 26.7. The van der Waals surface area contributed by atoms with Gasteiger partial charge in [0.25, 0.3) is 0 Å². The Morgan fingerprint density at radius 2 is 2.03 bits per heavy atom. The number of hydrogen-bond donors (Lipinski definition) is 3. The molecule has 12 heteroatoms. The smallest absolute Gasteiger partial charge is 0.475 e. The van der Waals surface area contributed by atoms with Gasteiger partial charge < -0.3 is 15.7 Å². The quantitative estimate of drug-likeness (QED) is 0.376. The molecule has 0 amide bonds. The summed E-state index contributed by atoms with van der Waals surface area (Å²) in [5.74, 6) is -3.18. The van der Waals surface area contributed by atoms with Gasteiger partial charge in [0, 0.05) is 18.7 Å². The Morgan fingerprint density at radius 3 is 2.70 bits per heavy atom. The molecule has 2 aliphatic heterocycles. The Bertz CT molecular complexity index is 1340. The monoisotopic (exact) mass is 537 g/mol. The molecule has 37 heavy (non-hydrogen) atoms. The molecule has 3 aromatic rings. The van der Waals surface area contributed by atoms with Crippen molar-refractivity contribution in [3.8, 4) is 11.3 Å². The van der Waals surface area contributed by atoms with Crippen molar-refractivity contribution >= 4 is 28.8 Å². The molecule has 1 unspecified atom stereocenters. The van der Waals surface area contributed by atoms with E-state index in [1.165, 1.54) is 11.1 Å². The Morgan fingerprint density at radius 1 is 1.27 bits per heavy atom. The van der Waals surface area contributed by atoms with Gasteiger partial charge in [-0.25, -0.2) is 13.9 Å². The lowest BCUT2D eigenvalue weighted by molar-refractivity contribution is -0.192. The summed E-state index contributed by atoms with van der Waals surface area (Å²) in [7, 11) is 0. The highest BCUT2D eigenvalue weighted by molar-refractivity contribution is 6.31. The van der Waals surface area contributed by atoms with Crippen molar-refractivity contribution in [2.24, 2.45) is 0 Å². The maximum Gasteiger partial charge on any atom is 0.490 e. The summed E-state index contributed by atoms with van der Waals surface area (Å²) >= 11 is 6.02. The van der Waals surface area contributed by atoms with Crippen LogP contribution in [0.1, 0.15) is 35.7 Å². The second-order valence-electron chi connectivity index (χ2n) is 8.62. The maximum absolute atomic E-state index is 14.6. The minimum absolute atomic E-state index is 0.0728. The number of rotatable bonds is 3. The number of hydrogen-bond acceptors (Lipinski definition) is 5. The van der Waals surface area contributed by atoms with Crippen molar-refractivity contribution in [2.75, 3.05) is 18.4 Å². The predicted octanol–water partition coefficient (Wildman–Crippen LogP) is 5.61. The standard InChI is InChI=1S/C23H23ClFN5.C2HF3O2/c1-14-23-17-6-5-16(15-7-10-26-11-8-15)13-18(17)20(9-12-30(23)29-28-14)27-21-4-2-3-19(24)22(21)25;3-2(4,5)1(6)7/h2-7,13,20,26-27H,8-12H2,1H3;(H,6,7). The van der Waals surface area contributed by atoms with Crippen LogP contribution in [-0.2, 0) is 11.3 Å². The van der Waals surface area contributed by atoms with Crippen molar-refractivity contribution in [1.82, 2.24) is 20.3 Å². The van der Waals surface area contributed by atoms with E-state index in [9.17, 15) is 17.6 Å². The lowest BCUT2D eigenvalue weighted by Crippen LogP contribution is -2.21. The third-order valence-electron chi connectivity index (χ3n) is 6.17. The van der Waals surface area contributed by atoms with E-state index < -0.39 is 18.0 Å². The van der Waals surface area contributed by atoms with Gasteiger partial charge in [0.15, 0.2) is 5.82 Å². The molecule has 3 N–H and O–H groups in total. The number of nitrogens with one attached hydrogen (secondary N) is 2. The van der Waals surface area contributed by atoms with Crippen LogP contribution in [0.3, 0.4) is 0 Å². The molecule has 0 saturated heterocycles. The fourth-order valence-electron chi connectivity index (χ4n) is 4.40. The number of carbonyl (C=O) groups is 1. The van der Waals surface area contributed by atoms with Crippen molar-refractivity contribution in [2.45, 2.75) is 38.5 Å². The highest BCUT2D eigenvalue weighted by atomic mass is 35.5. The van der Waals surface area contributed by atoms with E-state index in [1.807, 2.05) is 11.6 Å². The molecule has 3 heterocycles. The van der Waals surface area contributed by atoms with Crippen molar-refractivity contribution in [1.29, 1.82) is 0 Å². The van der Waals surface area contributed by atoms with Crippen LogP contribution in [0.4, 0.5) is 23.2 Å². The van der Waals surface area contributed by atoms with E-state index in [1.54, 1.807) is 18.2 Å². The number of anilines is 1. The average molecular weight is 538 g/mol. The summed E-state index contributed by atoms with van der Waals surface area (Å²) < 4.78 is 48.3. The van der Waals surface area contributed by atoms with Gasteiger partial charge in [0.2, 0.25) is 0 Å². The molecule has 0 spiro atoms. The molecule has 0 saturated carbocycles. The largest absolute Gasteiger partial charge is 0.490 e. The summed E-state index contributed by atoms with van der Waals surface area (Å²) in [5, 5.41) is 22.6. The van der Waals surface area contributed by atoms with Crippen LogP contribution in [0.25, 0.3) is 16.8 Å². The number of benzene rings is 2. The highest BCUT2D eigenvalue weighted by Crippen LogP contribution is 2.39. The molecule has 1 aromatic heterocycles. The first-order valence-electron chi connectivity index (χ1n) is 11.5. The minimum atomic E-state index is -5.08. The predicted molar refractivity (Wildman–Crippen MR) is 132 cm³/mol. The van der Waals surface area contributed by atoms with Crippen LogP contribution in [0.2, 0.25) is 5.02 Å². The summed E-state index contributed by atoms with van der Waals surface area (Å²) in [6, 6.07) is 11.6. The van der Waals surface area contributed by atoms with Gasteiger partial charge in [-0.2, -0.15) is 13.2 Å². The lowest BCUT2D eigenvalue weighted by Gasteiger charge is -2.23. The zero-order valence-electron chi connectivity index (χ0n) is 19.7. The highest BCUT2D eigenvalue weighted by Gasteiger charge is 2.38. The first-order valence-corrected chi connectivity index (χ1v) is 11.9. The fourth-order valence-corrected chi connectivity index (χ4v) is 4.58. The third-order valence-corrected chi connectivity index (χ3v) is 6.47. The molecule has 2 aromatic carbocycles. The number of carboxylic acid groups (broad SMARTS) is 1. The second-order valence-corrected chi connectivity index (χ2v) is 9.03. The molecule has 0 radical (unpaired) electrons. The number of alkyl halides is 3. The van der Waals surface area contributed by atoms with Crippen molar-refractivity contribution in [3.05, 3.63) is 70.1 Å². The van der Waals surface area contributed by atoms with Gasteiger partial charge in [-0.05, 0) is 61.2 Å². The Kier molecular flexibility index (Phi) is 7.84. The third kappa shape index (κ3) is 5.94. The number of carboxylic acids is 1. The number of aryl methyl sites for hydroxylation is 2. The summed E-state index contributed by atoms with van der Waals surface area (Å²) in [6.07, 6.45) is -1.07. The Labute approximate surface area is 215 Å². The molecule has 0 fully saturated rings. The Balaban J connectivity index is 0.000000405. The van der Waals surface area contributed by atoms with Crippen LogP contribution in [0.5, 0.6) is 0 Å². The molecular weight excluding hydrogens is 514 g/mol. The number of fused-ring (bicyclic) bond motifs is 3. The minimum Gasteiger partial charge on any atom is -0.475 e. The van der Waals surface area contributed by atoms with E-state index in [4.69, 9.17) is 21.5 Å². The average Bonchev–Trinajstić information content (AvgIpc) is 3.16. The Hall–Kier alpha value is -3.44. The molecule has 7 nitrogen and oxygen atoms in total. The van der Waals surface area contributed by atoms with Gasteiger partial charge in [-0.3, -0.25) is 0 Å². The fraction of sp³-hybridized carbons (Fsp3) is 0.320. The number of aliphatic carboxylic acids is 1. The first kappa shape index (κ1) is 26.6. The van der Waals surface area contributed by atoms with Crippen LogP contribution >= 0.6 is 11.6 Å². The number of halogens is 5. The summed E-state index contributed by atoms with van der Waals surface area (Å²) in [5.41, 5.74) is 7.14. The topological polar surface area (TPSA) is 92.1 Å². The van der Waals surface area contributed by atoms with Crippen LogP contribution in [0.15, 0.2) is 42.5 Å². The van der Waals surface area contributed by atoms with Crippen molar-refractivity contribution < 1.29 is 27.5 Å². The molecule has 196 valence electrons. The van der Waals surface area contributed by atoms with E-state index in [0.717, 1.165) is 48.4 Å².